The van der Waals surface area contributed by atoms with Crippen LogP contribution in [-0.4, -0.2) is 72.5 Å². The molecule has 0 radical (unpaired) electrons. The van der Waals surface area contributed by atoms with Crippen LogP contribution in [0, 0.1) is 17.5 Å². The number of aromatic nitrogens is 1. The first kappa shape index (κ1) is 29.3. The number of piperazine rings is 1. The lowest BCUT2D eigenvalue weighted by molar-refractivity contribution is -0.136. The van der Waals surface area contributed by atoms with Crippen molar-refractivity contribution in [3.05, 3.63) is 105 Å². The predicted octanol–water partition coefficient (Wildman–Crippen LogP) is 4.60. The zero-order valence-corrected chi connectivity index (χ0v) is 23.9. The van der Waals surface area contributed by atoms with Gasteiger partial charge in [-0.2, -0.15) is 0 Å². The Hall–Kier alpha value is -4.23. The van der Waals surface area contributed by atoms with Crippen LogP contribution in [0.2, 0.25) is 0 Å². The van der Waals surface area contributed by atoms with Crippen molar-refractivity contribution in [3.63, 3.8) is 0 Å². The number of carbonyl (C=O) groups is 2. The van der Waals surface area contributed by atoms with Gasteiger partial charge in [0.05, 0.1) is 18.9 Å². The van der Waals surface area contributed by atoms with Gasteiger partial charge in [0.2, 0.25) is 0 Å². The lowest BCUT2D eigenvalue weighted by atomic mass is 9.95. The standard InChI is InChI=1S/C29H25BrF3N5O4/c1-41-28(39)24-23(16-37-9-11-38(12-10-37)29(40)42-19-5-3-2-4-6-19)35-27(26-22(33)14-18(32)15-34-26)36-25(24)20-8-7-17(31)13-21(20)30/h2-8,13-15,25H,9-12,16H2,1H3,(H,35,36). The van der Waals surface area contributed by atoms with E-state index in [1.807, 2.05) is 11.0 Å². The number of pyridine rings is 1. The molecule has 1 atom stereocenters. The van der Waals surface area contributed by atoms with Crippen molar-refractivity contribution < 1.29 is 32.2 Å². The molecule has 1 saturated heterocycles. The fourth-order valence-corrected chi connectivity index (χ4v) is 5.26. The van der Waals surface area contributed by atoms with Gasteiger partial charge in [-0.15, -0.1) is 0 Å². The maximum absolute atomic E-state index is 14.8. The van der Waals surface area contributed by atoms with Crippen LogP contribution in [0.3, 0.4) is 0 Å². The van der Waals surface area contributed by atoms with Gasteiger partial charge in [0, 0.05) is 49.0 Å². The van der Waals surface area contributed by atoms with Gasteiger partial charge in [-0.05, 0) is 29.8 Å². The summed E-state index contributed by atoms with van der Waals surface area (Å²) in [5, 5.41) is 3.01. The molecule has 1 N–H and O–H groups in total. The lowest BCUT2D eigenvalue weighted by Crippen LogP contribution is -2.51. The first-order chi connectivity index (χ1) is 20.2. The fourth-order valence-electron chi connectivity index (χ4n) is 4.69. The maximum Gasteiger partial charge on any atom is 0.415 e. The number of ether oxygens (including phenoxy) is 2. The molecule has 5 rings (SSSR count). The van der Waals surface area contributed by atoms with Gasteiger partial charge in [-0.25, -0.2) is 27.7 Å². The minimum atomic E-state index is -1.04. The number of hydrogen-bond acceptors (Lipinski definition) is 8. The van der Waals surface area contributed by atoms with E-state index in [0.29, 0.717) is 53.7 Å². The zero-order valence-electron chi connectivity index (χ0n) is 22.3. The average Bonchev–Trinajstić information content (AvgIpc) is 2.97. The Morgan fingerprint density at radius 1 is 1.02 bits per heavy atom. The highest BCUT2D eigenvalue weighted by molar-refractivity contribution is 9.10. The topological polar surface area (TPSA) is 96.4 Å². The molecular formula is C29H25BrF3N5O4. The molecule has 1 unspecified atom stereocenters. The quantitative estimate of drug-likeness (QED) is 0.392. The predicted molar refractivity (Wildman–Crippen MR) is 150 cm³/mol. The van der Waals surface area contributed by atoms with Crippen molar-refractivity contribution in [2.24, 2.45) is 4.99 Å². The van der Waals surface area contributed by atoms with E-state index >= 15 is 0 Å². The summed E-state index contributed by atoms with van der Waals surface area (Å²) in [5.74, 6) is -2.62. The summed E-state index contributed by atoms with van der Waals surface area (Å²) in [4.78, 5) is 37.8. The SMILES string of the molecule is COC(=O)C1=C(CN2CCN(C(=O)Oc3ccccc3)CC2)NC(c2ncc(F)cc2F)=NC1c1ccc(F)cc1Br. The summed E-state index contributed by atoms with van der Waals surface area (Å²) >= 11 is 3.34. The van der Waals surface area contributed by atoms with Crippen molar-refractivity contribution >= 4 is 33.8 Å². The molecule has 0 bridgehead atoms. The number of benzene rings is 2. The number of carbonyl (C=O) groups excluding carboxylic acids is 2. The van der Waals surface area contributed by atoms with Gasteiger partial charge in [0.15, 0.2) is 11.7 Å². The molecule has 13 heteroatoms. The van der Waals surface area contributed by atoms with E-state index in [4.69, 9.17) is 9.47 Å². The number of rotatable bonds is 6. The average molecular weight is 644 g/mol. The number of esters is 1. The molecular weight excluding hydrogens is 619 g/mol. The Labute approximate surface area is 247 Å². The van der Waals surface area contributed by atoms with E-state index in [1.165, 1.54) is 25.3 Å². The van der Waals surface area contributed by atoms with Crippen LogP contribution >= 0.6 is 15.9 Å². The highest BCUT2D eigenvalue weighted by Gasteiger charge is 2.35. The summed E-state index contributed by atoms with van der Waals surface area (Å²) in [6.45, 7) is 1.75. The molecule has 42 heavy (non-hydrogen) atoms. The first-order valence-electron chi connectivity index (χ1n) is 12.9. The van der Waals surface area contributed by atoms with E-state index < -0.39 is 35.6 Å². The number of nitrogens with one attached hydrogen (secondary N) is 1. The third-order valence-corrected chi connectivity index (χ3v) is 7.47. The number of halogens is 4. The number of hydrogen-bond donors (Lipinski definition) is 1. The summed E-state index contributed by atoms with van der Waals surface area (Å²) in [5.41, 5.74) is 0.639. The van der Waals surface area contributed by atoms with Crippen LogP contribution in [0.25, 0.3) is 0 Å². The van der Waals surface area contributed by atoms with Gasteiger partial charge in [0.25, 0.3) is 0 Å². The molecule has 2 aliphatic heterocycles. The molecule has 1 aromatic heterocycles. The van der Waals surface area contributed by atoms with Crippen LogP contribution in [-0.2, 0) is 9.53 Å². The third-order valence-electron chi connectivity index (χ3n) is 6.78. The number of amides is 1. The first-order valence-corrected chi connectivity index (χ1v) is 13.7. The Morgan fingerprint density at radius 2 is 1.76 bits per heavy atom. The van der Waals surface area contributed by atoms with Gasteiger partial charge < -0.3 is 19.7 Å². The van der Waals surface area contributed by atoms with E-state index in [1.54, 1.807) is 29.2 Å². The number of amidine groups is 1. The minimum Gasteiger partial charge on any atom is -0.466 e. The third kappa shape index (κ3) is 6.47. The molecule has 9 nitrogen and oxygen atoms in total. The van der Waals surface area contributed by atoms with Gasteiger partial charge in [-0.1, -0.05) is 40.2 Å². The second-order valence-corrected chi connectivity index (χ2v) is 10.3. The van der Waals surface area contributed by atoms with Crippen molar-refractivity contribution in [2.45, 2.75) is 6.04 Å². The Morgan fingerprint density at radius 3 is 2.43 bits per heavy atom. The number of methoxy groups -OCH3 is 1. The minimum absolute atomic E-state index is 0.0403. The molecule has 3 aromatic rings. The molecule has 0 aliphatic carbocycles. The molecule has 3 heterocycles. The van der Waals surface area contributed by atoms with Crippen LogP contribution in [0.1, 0.15) is 17.3 Å². The molecule has 0 saturated carbocycles. The second kappa shape index (κ2) is 12.7. The number of nitrogens with zero attached hydrogens (tertiary/aromatic N) is 4. The van der Waals surface area contributed by atoms with Crippen LogP contribution in [0.4, 0.5) is 18.0 Å². The van der Waals surface area contributed by atoms with Crippen LogP contribution in [0.5, 0.6) is 5.75 Å². The zero-order chi connectivity index (χ0) is 29.8. The largest absolute Gasteiger partial charge is 0.466 e. The van der Waals surface area contributed by atoms with Gasteiger partial charge in [-0.3, -0.25) is 9.89 Å². The Balaban J connectivity index is 1.43. The van der Waals surface area contributed by atoms with Crippen molar-refractivity contribution in [2.75, 3.05) is 39.8 Å². The Bertz CT molecular complexity index is 1560. The highest BCUT2D eigenvalue weighted by atomic mass is 79.9. The van der Waals surface area contributed by atoms with Crippen molar-refractivity contribution in [1.82, 2.24) is 20.1 Å². The van der Waals surface area contributed by atoms with E-state index in [2.05, 4.69) is 31.2 Å². The van der Waals surface area contributed by atoms with E-state index in [0.717, 1.165) is 6.20 Å². The van der Waals surface area contributed by atoms with Gasteiger partial charge >= 0.3 is 12.1 Å². The second-order valence-electron chi connectivity index (χ2n) is 9.48. The van der Waals surface area contributed by atoms with Crippen molar-refractivity contribution in [3.8, 4) is 5.75 Å². The Kier molecular flexibility index (Phi) is 8.88. The van der Waals surface area contributed by atoms with E-state index in [-0.39, 0.29) is 23.6 Å². The van der Waals surface area contributed by atoms with E-state index in [9.17, 15) is 22.8 Å². The van der Waals surface area contributed by atoms with Crippen LogP contribution < -0.4 is 10.1 Å². The maximum atomic E-state index is 14.8. The van der Waals surface area contributed by atoms with Crippen molar-refractivity contribution in [1.29, 1.82) is 0 Å². The summed E-state index contributed by atoms with van der Waals surface area (Å²) < 4.78 is 53.3. The highest BCUT2D eigenvalue weighted by Crippen LogP contribution is 2.37. The molecule has 1 fully saturated rings. The fraction of sp³-hybridized carbons (Fsp3) is 0.241. The number of aliphatic imine (C=N–C) groups is 1. The summed E-state index contributed by atoms with van der Waals surface area (Å²) in [6, 6.07) is 12.3. The summed E-state index contributed by atoms with van der Waals surface area (Å²) in [6.07, 6.45) is 0.387. The smallest absolute Gasteiger partial charge is 0.415 e. The molecule has 1 amide bonds. The molecule has 218 valence electrons. The summed E-state index contributed by atoms with van der Waals surface area (Å²) in [7, 11) is 1.22. The van der Waals surface area contributed by atoms with Gasteiger partial charge in [0.1, 0.15) is 29.1 Å². The van der Waals surface area contributed by atoms with Crippen LogP contribution in [0.15, 0.2) is 81.5 Å². The molecule has 2 aromatic carbocycles. The monoisotopic (exact) mass is 643 g/mol. The molecule has 0 spiro atoms. The lowest BCUT2D eigenvalue weighted by Gasteiger charge is -2.36. The molecule has 2 aliphatic rings. The normalized spacial score (nSPS) is 17.4. The number of para-hydroxylation sites is 1.